The van der Waals surface area contributed by atoms with Gasteiger partial charge in [-0.1, -0.05) is 78.9 Å². The summed E-state index contributed by atoms with van der Waals surface area (Å²) < 4.78 is 5.40. The molecule has 0 aliphatic carbocycles. The number of carbonyl (C=O) groups is 1. The van der Waals surface area contributed by atoms with Crippen LogP contribution >= 0.6 is 0 Å². The maximum absolute atomic E-state index is 12.6. The zero-order chi connectivity index (χ0) is 29.2. The fraction of sp³-hybridized carbons (Fsp3) is 0.400. The third-order valence-electron chi connectivity index (χ3n) is 7.69. The van der Waals surface area contributed by atoms with Crippen molar-refractivity contribution in [3.05, 3.63) is 108 Å². The fourth-order valence-corrected chi connectivity index (χ4v) is 5.23. The minimum atomic E-state index is -0.224. The first-order valence-electron chi connectivity index (χ1n) is 14.7. The number of hydrogen-bond donors (Lipinski definition) is 1. The lowest BCUT2D eigenvalue weighted by atomic mass is 9.97. The van der Waals surface area contributed by atoms with Gasteiger partial charge in [0.05, 0.1) is 7.11 Å². The first-order chi connectivity index (χ1) is 19.7. The second kappa shape index (κ2) is 14.3. The molecule has 1 aliphatic heterocycles. The van der Waals surface area contributed by atoms with Crippen molar-refractivity contribution in [3.8, 4) is 5.75 Å². The molecule has 1 fully saturated rings. The maximum Gasteiger partial charge on any atom is 0.317 e. The van der Waals surface area contributed by atoms with E-state index in [2.05, 4.69) is 101 Å². The zero-order valence-corrected chi connectivity index (χ0v) is 25.3. The van der Waals surface area contributed by atoms with Crippen molar-refractivity contribution in [2.75, 3.05) is 52.9 Å². The number of methoxy groups -OCH3 is 1. The molecule has 6 nitrogen and oxygen atoms in total. The summed E-state index contributed by atoms with van der Waals surface area (Å²) in [4.78, 5) is 19.6. The number of rotatable bonds is 10. The Morgan fingerprint density at radius 3 is 1.98 bits per heavy atom. The van der Waals surface area contributed by atoms with E-state index in [1.807, 2.05) is 37.8 Å². The molecule has 0 saturated carbocycles. The highest BCUT2D eigenvalue weighted by Gasteiger charge is 2.25. The van der Waals surface area contributed by atoms with Crippen molar-refractivity contribution in [1.29, 1.82) is 0 Å². The van der Waals surface area contributed by atoms with Crippen LogP contribution in [-0.4, -0.2) is 79.2 Å². The standard InChI is InChI=1S/C35H46N4O2/c1-28(29-16-18-32(41-5)19-17-29)38(25-22-37-23-26-39(27-24-37)34(40)36-35(2,3)4)21-20-33(30-12-8-6-9-13-30)31-14-10-7-11-15-31/h6-20,28H,21-27H2,1-5H3,(H,36,40)/t28-/m1/s1. The topological polar surface area (TPSA) is 48.1 Å². The van der Waals surface area contributed by atoms with Gasteiger partial charge in [-0.05, 0) is 62.1 Å². The Kier molecular flexibility index (Phi) is 10.6. The number of nitrogens with zero attached hydrogens (tertiary/aromatic N) is 3. The van der Waals surface area contributed by atoms with Crippen LogP contribution in [0.15, 0.2) is 91.0 Å². The predicted molar refractivity (Wildman–Crippen MR) is 169 cm³/mol. The Labute approximate surface area is 246 Å². The Bertz CT molecular complexity index is 1200. The SMILES string of the molecule is COc1ccc([C@@H](C)N(CC=C(c2ccccc2)c2ccccc2)CCN2CCN(C(=O)NC(C)(C)C)CC2)cc1. The van der Waals surface area contributed by atoms with E-state index in [-0.39, 0.29) is 17.6 Å². The molecule has 1 heterocycles. The van der Waals surface area contributed by atoms with Crippen LogP contribution < -0.4 is 10.1 Å². The number of amides is 2. The van der Waals surface area contributed by atoms with Crippen LogP contribution in [0.5, 0.6) is 5.75 Å². The van der Waals surface area contributed by atoms with Gasteiger partial charge >= 0.3 is 6.03 Å². The molecular formula is C35H46N4O2. The molecule has 1 aliphatic rings. The van der Waals surface area contributed by atoms with Gasteiger partial charge in [0, 0.05) is 57.4 Å². The normalized spacial score (nSPS) is 14.9. The Morgan fingerprint density at radius 1 is 0.902 bits per heavy atom. The Balaban J connectivity index is 1.49. The smallest absolute Gasteiger partial charge is 0.317 e. The highest BCUT2D eigenvalue weighted by atomic mass is 16.5. The van der Waals surface area contributed by atoms with Gasteiger partial charge in [-0.15, -0.1) is 0 Å². The van der Waals surface area contributed by atoms with E-state index >= 15 is 0 Å². The lowest BCUT2D eigenvalue weighted by molar-refractivity contribution is 0.119. The summed E-state index contributed by atoms with van der Waals surface area (Å²) in [5.74, 6) is 0.871. The minimum Gasteiger partial charge on any atom is -0.497 e. The summed E-state index contributed by atoms with van der Waals surface area (Å²) in [6.45, 7) is 14.3. The van der Waals surface area contributed by atoms with Crippen LogP contribution in [-0.2, 0) is 0 Å². The lowest BCUT2D eigenvalue weighted by Crippen LogP contribution is -2.55. The molecule has 0 bridgehead atoms. The number of carbonyl (C=O) groups excluding carboxylic acids is 1. The van der Waals surface area contributed by atoms with Crippen molar-refractivity contribution in [2.45, 2.75) is 39.3 Å². The average Bonchev–Trinajstić information content (AvgIpc) is 2.99. The van der Waals surface area contributed by atoms with Crippen molar-refractivity contribution >= 4 is 11.6 Å². The second-order valence-electron chi connectivity index (χ2n) is 11.8. The van der Waals surface area contributed by atoms with E-state index in [0.717, 1.165) is 51.6 Å². The van der Waals surface area contributed by atoms with E-state index in [0.29, 0.717) is 0 Å². The van der Waals surface area contributed by atoms with Crippen molar-refractivity contribution < 1.29 is 9.53 Å². The Morgan fingerprint density at radius 2 is 1.46 bits per heavy atom. The van der Waals surface area contributed by atoms with Gasteiger partial charge in [0.15, 0.2) is 0 Å². The van der Waals surface area contributed by atoms with Crippen molar-refractivity contribution in [2.24, 2.45) is 0 Å². The van der Waals surface area contributed by atoms with Crippen molar-refractivity contribution in [3.63, 3.8) is 0 Å². The monoisotopic (exact) mass is 554 g/mol. The number of urea groups is 1. The number of benzene rings is 3. The summed E-state index contributed by atoms with van der Waals surface area (Å²) in [5.41, 5.74) is 4.74. The van der Waals surface area contributed by atoms with Crippen LogP contribution in [0.3, 0.4) is 0 Å². The van der Waals surface area contributed by atoms with E-state index in [1.54, 1.807) is 7.11 Å². The van der Waals surface area contributed by atoms with Crippen LogP contribution in [0.2, 0.25) is 0 Å². The van der Waals surface area contributed by atoms with E-state index < -0.39 is 0 Å². The molecule has 0 spiro atoms. The van der Waals surface area contributed by atoms with E-state index in [1.165, 1.54) is 22.3 Å². The largest absolute Gasteiger partial charge is 0.497 e. The molecule has 1 N–H and O–H groups in total. The minimum absolute atomic E-state index is 0.0337. The van der Waals surface area contributed by atoms with Gasteiger partial charge < -0.3 is 15.0 Å². The summed E-state index contributed by atoms with van der Waals surface area (Å²) in [6.07, 6.45) is 2.37. The molecule has 4 rings (SSSR count). The molecular weight excluding hydrogens is 508 g/mol. The number of piperazine rings is 1. The number of hydrogen-bond acceptors (Lipinski definition) is 4. The predicted octanol–water partition coefficient (Wildman–Crippen LogP) is 6.32. The fourth-order valence-electron chi connectivity index (χ4n) is 5.23. The molecule has 0 radical (unpaired) electrons. The van der Waals surface area contributed by atoms with Crippen molar-refractivity contribution in [1.82, 2.24) is 20.0 Å². The molecule has 0 aromatic heterocycles. The third kappa shape index (κ3) is 8.94. The van der Waals surface area contributed by atoms with E-state index in [9.17, 15) is 4.79 Å². The molecule has 1 atom stereocenters. The van der Waals surface area contributed by atoms with Gasteiger partial charge in [-0.2, -0.15) is 0 Å². The lowest BCUT2D eigenvalue weighted by Gasteiger charge is -2.38. The summed E-state index contributed by atoms with van der Waals surface area (Å²) in [5, 5.41) is 3.09. The molecule has 3 aromatic rings. The van der Waals surface area contributed by atoms with Crippen LogP contribution in [0.4, 0.5) is 4.79 Å². The second-order valence-corrected chi connectivity index (χ2v) is 11.8. The van der Waals surface area contributed by atoms with Gasteiger partial charge in [-0.3, -0.25) is 9.80 Å². The van der Waals surface area contributed by atoms with Gasteiger partial charge in [0.25, 0.3) is 0 Å². The molecule has 0 unspecified atom stereocenters. The highest BCUT2D eigenvalue weighted by Crippen LogP contribution is 2.26. The maximum atomic E-state index is 12.6. The van der Waals surface area contributed by atoms with Gasteiger partial charge in [0.2, 0.25) is 0 Å². The third-order valence-corrected chi connectivity index (χ3v) is 7.69. The zero-order valence-electron chi connectivity index (χ0n) is 25.3. The number of ether oxygens (including phenoxy) is 1. The first-order valence-corrected chi connectivity index (χ1v) is 14.7. The molecule has 2 amide bonds. The summed E-state index contributed by atoms with van der Waals surface area (Å²) in [7, 11) is 1.71. The highest BCUT2D eigenvalue weighted by molar-refractivity contribution is 5.79. The average molecular weight is 555 g/mol. The molecule has 3 aromatic carbocycles. The summed E-state index contributed by atoms with van der Waals surface area (Å²) >= 11 is 0. The number of nitrogens with one attached hydrogen (secondary N) is 1. The van der Waals surface area contributed by atoms with Crippen LogP contribution in [0.1, 0.15) is 50.4 Å². The van der Waals surface area contributed by atoms with Crippen LogP contribution in [0.25, 0.3) is 5.57 Å². The summed E-state index contributed by atoms with van der Waals surface area (Å²) in [6, 6.07) is 30.0. The molecule has 41 heavy (non-hydrogen) atoms. The van der Waals surface area contributed by atoms with E-state index in [4.69, 9.17) is 4.74 Å². The Hall–Kier alpha value is -3.61. The molecule has 1 saturated heterocycles. The molecule has 6 heteroatoms. The van der Waals surface area contributed by atoms with Gasteiger partial charge in [0.1, 0.15) is 5.75 Å². The van der Waals surface area contributed by atoms with Gasteiger partial charge in [-0.25, -0.2) is 4.79 Å². The first kappa shape index (κ1) is 30.4. The van der Waals surface area contributed by atoms with Crippen LogP contribution in [0, 0.1) is 0 Å². The molecule has 218 valence electrons. The quantitative estimate of drug-likeness (QED) is 0.319.